The van der Waals surface area contributed by atoms with Crippen molar-refractivity contribution in [3.8, 4) is 56.4 Å². The molecule has 0 N–H and O–H groups in total. The summed E-state index contributed by atoms with van der Waals surface area (Å²) in [6.45, 7) is 0. The lowest BCUT2D eigenvalue weighted by Gasteiger charge is -2.10. The van der Waals surface area contributed by atoms with Crippen molar-refractivity contribution in [1.29, 1.82) is 0 Å². The van der Waals surface area contributed by atoms with Crippen molar-refractivity contribution in [3.63, 3.8) is 0 Å². The van der Waals surface area contributed by atoms with E-state index >= 15 is 0 Å². The van der Waals surface area contributed by atoms with Crippen LogP contribution in [0.3, 0.4) is 0 Å². The molecule has 4 nitrogen and oxygen atoms in total. The molecule has 0 aliphatic carbocycles. The highest BCUT2D eigenvalue weighted by Gasteiger charge is 2.17. The summed E-state index contributed by atoms with van der Waals surface area (Å²) < 4.78 is 6.16. The van der Waals surface area contributed by atoms with Crippen LogP contribution in [0.1, 0.15) is 0 Å². The van der Waals surface area contributed by atoms with Crippen LogP contribution in [-0.4, -0.2) is 15.0 Å². The zero-order valence-electron chi connectivity index (χ0n) is 23.2. The molecule has 0 atom stereocenters. The number of furan rings is 1. The van der Waals surface area contributed by atoms with E-state index in [1.54, 1.807) is 0 Å². The number of aromatic nitrogens is 3. The molecule has 2 heterocycles. The summed E-state index contributed by atoms with van der Waals surface area (Å²) >= 11 is 0. The van der Waals surface area contributed by atoms with Gasteiger partial charge in [0.25, 0.3) is 0 Å². The first-order valence-electron chi connectivity index (χ1n) is 14.3. The number of nitrogens with zero attached hydrogens (tertiary/aromatic N) is 3. The average molecular weight is 552 g/mol. The van der Waals surface area contributed by atoms with E-state index in [9.17, 15) is 0 Å². The van der Waals surface area contributed by atoms with Crippen molar-refractivity contribution >= 4 is 21.9 Å². The molecule has 0 aliphatic heterocycles. The molecule has 0 fully saturated rings. The van der Waals surface area contributed by atoms with Crippen LogP contribution in [0.15, 0.2) is 156 Å². The van der Waals surface area contributed by atoms with Crippen molar-refractivity contribution in [2.75, 3.05) is 0 Å². The van der Waals surface area contributed by atoms with E-state index in [4.69, 9.17) is 19.4 Å². The normalized spacial score (nSPS) is 11.3. The molecular formula is C39H25N3O. The van der Waals surface area contributed by atoms with Crippen LogP contribution in [0, 0.1) is 0 Å². The number of benzene rings is 6. The van der Waals surface area contributed by atoms with E-state index < -0.39 is 0 Å². The third kappa shape index (κ3) is 4.65. The van der Waals surface area contributed by atoms with Crippen LogP contribution >= 0.6 is 0 Å². The van der Waals surface area contributed by atoms with Crippen LogP contribution in [0.5, 0.6) is 0 Å². The van der Waals surface area contributed by atoms with E-state index in [0.717, 1.165) is 49.8 Å². The van der Waals surface area contributed by atoms with Gasteiger partial charge in [0.2, 0.25) is 0 Å². The minimum Gasteiger partial charge on any atom is -0.456 e. The first-order valence-corrected chi connectivity index (χ1v) is 14.3. The maximum absolute atomic E-state index is 6.16. The Labute approximate surface area is 249 Å². The third-order valence-electron chi connectivity index (χ3n) is 7.78. The predicted octanol–water partition coefficient (Wildman–Crippen LogP) is 10.1. The molecule has 202 valence electrons. The number of hydrogen-bond donors (Lipinski definition) is 0. The van der Waals surface area contributed by atoms with Gasteiger partial charge >= 0.3 is 0 Å². The zero-order chi connectivity index (χ0) is 28.6. The second kappa shape index (κ2) is 10.5. The lowest BCUT2D eigenvalue weighted by atomic mass is 9.99. The van der Waals surface area contributed by atoms with Gasteiger partial charge < -0.3 is 4.42 Å². The molecule has 6 aromatic carbocycles. The molecule has 43 heavy (non-hydrogen) atoms. The standard InChI is InChI=1S/C39H25N3O/c1-3-10-26(11-4-1)27-18-20-28(21-19-27)29-22-24-31(25-23-29)38-40-37(30-12-5-2-6-13-30)41-39(42-38)33-15-9-17-35-36(33)32-14-7-8-16-34(32)43-35/h1-25H. The number of fused-ring (bicyclic) bond motifs is 3. The average Bonchev–Trinajstić information content (AvgIpc) is 3.48. The van der Waals surface area contributed by atoms with Gasteiger partial charge in [-0.15, -0.1) is 0 Å². The Kier molecular flexibility index (Phi) is 6.08. The van der Waals surface area contributed by atoms with E-state index in [2.05, 4.69) is 84.9 Å². The largest absolute Gasteiger partial charge is 0.456 e. The summed E-state index contributed by atoms with van der Waals surface area (Å²) in [7, 11) is 0. The van der Waals surface area contributed by atoms with E-state index in [0.29, 0.717) is 17.5 Å². The lowest BCUT2D eigenvalue weighted by Crippen LogP contribution is -2.00. The molecule has 0 unspecified atom stereocenters. The molecule has 0 radical (unpaired) electrons. The summed E-state index contributed by atoms with van der Waals surface area (Å²) in [5.41, 5.74) is 9.14. The molecule has 0 amide bonds. The van der Waals surface area contributed by atoms with Crippen molar-refractivity contribution in [2.45, 2.75) is 0 Å². The molecular weight excluding hydrogens is 526 g/mol. The molecule has 0 saturated heterocycles. The van der Waals surface area contributed by atoms with Gasteiger partial charge in [0.1, 0.15) is 11.2 Å². The van der Waals surface area contributed by atoms with Crippen LogP contribution in [0.2, 0.25) is 0 Å². The van der Waals surface area contributed by atoms with Gasteiger partial charge in [-0.2, -0.15) is 0 Å². The van der Waals surface area contributed by atoms with Gasteiger partial charge in [-0.3, -0.25) is 0 Å². The minimum atomic E-state index is 0.613. The Bertz CT molecular complexity index is 2200. The third-order valence-corrected chi connectivity index (χ3v) is 7.78. The quantitative estimate of drug-likeness (QED) is 0.214. The van der Waals surface area contributed by atoms with Crippen LogP contribution in [0.4, 0.5) is 0 Å². The Morgan fingerprint density at radius 3 is 1.40 bits per heavy atom. The highest BCUT2D eigenvalue weighted by Crippen LogP contribution is 2.36. The molecule has 8 rings (SSSR count). The SMILES string of the molecule is c1ccc(-c2ccc(-c3ccc(-c4nc(-c5ccccc5)nc(-c5cccc6oc7ccccc7c56)n4)cc3)cc2)cc1. The number of para-hydroxylation sites is 1. The summed E-state index contributed by atoms with van der Waals surface area (Å²) in [6.07, 6.45) is 0. The zero-order valence-corrected chi connectivity index (χ0v) is 23.2. The smallest absolute Gasteiger partial charge is 0.164 e. The monoisotopic (exact) mass is 551 g/mol. The Hall–Kier alpha value is -5.87. The second-order valence-corrected chi connectivity index (χ2v) is 10.5. The molecule has 0 aliphatic rings. The number of rotatable bonds is 5. The molecule has 0 saturated carbocycles. The van der Waals surface area contributed by atoms with Gasteiger partial charge in [0.15, 0.2) is 17.5 Å². The Morgan fingerprint density at radius 1 is 0.326 bits per heavy atom. The Morgan fingerprint density at radius 2 is 0.767 bits per heavy atom. The lowest BCUT2D eigenvalue weighted by molar-refractivity contribution is 0.669. The molecule has 2 aromatic heterocycles. The van der Waals surface area contributed by atoms with E-state index in [1.165, 1.54) is 11.1 Å². The van der Waals surface area contributed by atoms with Gasteiger partial charge in [0, 0.05) is 27.5 Å². The summed E-state index contributed by atoms with van der Waals surface area (Å²) in [5.74, 6) is 1.87. The van der Waals surface area contributed by atoms with Crippen molar-refractivity contribution in [2.24, 2.45) is 0 Å². The first-order chi connectivity index (χ1) is 21.3. The minimum absolute atomic E-state index is 0.613. The predicted molar refractivity (Wildman–Crippen MR) is 174 cm³/mol. The maximum Gasteiger partial charge on any atom is 0.164 e. The molecule has 4 heteroatoms. The molecule has 0 spiro atoms. The van der Waals surface area contributed by atoms with Crippen LogP contribution in [-0.2, 0) is 0 Å². The first kappa shape index (κ1) is 24.9. The van der Waals surface area contributed by atoms with Gasteiger partial charge in [0.05, 0.1) is 0 Å². The number of hydrogen-bond acceptors (Lipinski definition) is 4. The van der Waals surface area contributed by atoms with Crippen LogP contribution in [0.25, 0.3) is 78.4 Å². The van der Waals surface area contributed by atoms with Gasteiger partial charge in [-0.25, -0.2) is 15.0 Å². The van der Waals surface area contributed by atoms with Gasteiger partial charge in [-0.1, -0.05) is 140 Å². The fourth-order valence-corrected chi connectivity index (χ4v) is 5.60. The fourth-order valence-electron chi connectivity index (χ4n) is 5.60. The van der Waals surface area contributed by atoms with Crippen molar-refractivity contribution in [3.05, 3.63) is 152 Å². The van der Waals surface area contributed by atoms with Crippen molar-refractivity contribution in [1.82, 2.24) is 15.0 Å². The fraction of sp³-hybridized carbons (Fsp3) is 0. The Balaban J connectivity index is 1.22. The highest BCUT2D eigenvalue weighted by molar-refractivity contribution is 6.11. The topological polar surface area (TPSA) is 51.8 Å². The molecule has 8 aromatic rings. The van der Waals surface area contributed by atoms with Crippen LogP contribution < -0.4 is 0 Å². The van der Waals surface area contributed by atoms with Gasteiger partial charge in [-0.05, 0) is 34.4 Å². The molecule has 0 bridgehead atoms. The highest BCUT2D eigenvalue weighted by atomic mass is 16.3. The summed E-state index contributed by atoms with van der Waals surface area (Å²) in [4.78, 5) is 14.9. The summed E-state index contributed by atoms with van der Waals surface area (Å²) in [6, 6.07) is 51.7. The second-order valence-electron chi connectivity index (χ2n) is 10.5. The van der Waals surface area contributed by atoms with E-state index in [-0.39, 0.29) is 0 Å². The maximum atomic E-state index is 6.16. The van der Waals surface area contributed by atoms with E-state index in [1.807, 2.05) is 66.7 Å². The summed E-state index contributed by atoms with van der Waals surface area (Å²) in [5, 5.41) is 2.04. The van der Waals surface area contributed by atoms with Crippen molar-refractivity contribution < 1.29 is 4.42 Å².